The minimum absolute atomic E-state index is 0.204. The fraction of sp³-hybridized carbons (Fsp3) is 0.643. The van der Waals surface area contributed by atoms with Gasteiger partial charge in [-0.05, 0) is 99.5 Å². The Morgan fingerprint density at radius 2 is 1.92 bits per heavy atom. The number of anilines is 1. The molecule has 6 aliphatic rings. The molecular formula is C42H58N4O6S. The average Bonchev–Trinajstić information content (AvgIpc) is 3.29. The number of rotatable bonds is 4. The Morgan fingerprint density at radius 3 is 2.75 bits per heavy atom. The standard InChI is InChI=1S/C42H58N4O6S/c1-4-52-42(28-44-19-20-45-21-22-50-26-35(45)25-44)18-7-9-30(2)31(3)53(48,49)43-40(47)33-14-16-39-38(23-33)46(24-34-13-15-37(34)42)27-41(29-51-39)17-8-11-32-10-5-6-12-36(32)41/h5-7,10,12,14,16,18,23,30-31,34-35,37H,4,8-9,11,13,15,17,19-22,24-29H2,1-3H3,(H,43,47)/b18-7+/t30-,31+,34-,35-,37+,41-,42+/m0/s1. The van der Waals surface area contributed by atoms with Crippen molar-refractivity contribution in [1.82, 2.24) is 14.5 Å². The molecule has 7 atom stereocenters. The minimum Gasteiger partial charge on any atom is -0.490 e. The van der Waals surface area contributed by atoms with Crippen LogP contribution in [0.2, 0.25) is 0 Å². The number of hydrogen-bond acceptors (Lipinski definition) is 9. The van der Waals surface area contributed by atoms with Gasteiger partial charge in [-0.25, -0.2) is 13.1 Å². The molecule has 1 amide bonds. The molecule has 53 heavy (non-hydrogen) atoms. The number of carbonyl (C=O) groups excluding carboxylic acids is 1. The van der Waals surface area contributed by atoms with Gasteiger partial charge >= 0.3 is 0 Å². The molecule has 1 N–H and O–H groups in total. The number of hydrogen-bond donors (Lipinski definition) is 1. The van der Waals surface area contributed by atoms with Crippen LogP contribution in [0.3, 0.4) is 0 Å². The van der Waals surface area contributed by atoms with Gasteiger partial charge in [0.05, 0.1) is 30.8 Å². The molecule has 11 heteroatoms. The number of ether oxygens (including phenoxy) is 3. The Hall–Kier alpha value is -2.96. The molecule has 0 aromatic heterocycles. The summed E-state index contributed by atoms with van der Waals surface area (Å²) in [7, 11) is -3.95. The zero-order valence-corrected chi connectivity index (χ0v) is 32.6. The van der Waals surface area contributed by atoms with Crippen LogP contribution in [0, 0.1) is 17.8 Å². The Morgan fingerprint density at radius 1 is 1.06 bits per heavy atom. The second kappa shape index (κ2) is 14.9. The van der Waals surface area contributed by atoms with E-state index in [0.29, 0.717) is 37.2 Å². The fourth-order valence-electron chi connectivity index (χ4n) is 10.3. The molecule has 0 unspecified atom stereocenters. The highest BCUT2D eigenvalue weighted by atomic mass is 32.2. The van der Waals surface area contributed by atoms with Crippen LogP contribution in [-0.2, 0) is 31.3 Å². The van der Waals surface area contributed by atoms with E-state index >= 15 is 0 Å². The highest BCUT2D eigenvalue weighted by Crippen LogP contribution is 2.49. The van der Waals surface area contributed by atoms with E-state index < -0.39 is 26.8 Å². The smallest absolute Gasteiger partial charge is 0.264 e. The van der Waals surface area contributed by atoms with Crippen molar-refractivity contribution in [3.05, 3.63) is 71.3 Å². The molecular weight excluding hydrogens is 689 g/mol. The third kappa shape index (κ3) is 7.17. The molecule has 288 valence electrons. The Kier molecular flexibility index (Phi) is 10.4. The molecule has 2 saturated heterocycles. The third-order valence-corrected chi connectivity index (χ3v) is 15.5. The maximum atomic E-state index is 13.7. The van der Waals surface area contributed by atoms with Gasteiger partial charge in [-0.2, -0.15) is 0 Å². The number of allylic oxidation sites excluding steroid dienone is 1. The monoisotopic (exact) mass is 746 g/mol. The normalized spacial score (nSPS) is 35.4. The predicted molar refractivity (Wildman–Crippen MR) is 207 cm³/mol. The molecule has 1 saturated carbocycles. The molecule has 8 rings (SSSR count). The summed E-state index contributed by atoms with van der Waals surface area (Å²) in [5, 5.41) is -0.770. The summed E-state index contributed by atoms with van der Waals surface area (Å²) >= 11 is 0. The first-order valence-electron chi connectivity index (χ1n) is 20.1. The van der Waals surface area contributed by atoms with Crippen molar-refractivity contribution < 1.29 is 27.4 Å². The van der Waals surface area contributed by atoms with Crippen molar-refractivity contribution in [3.63, 3.8) is 0 Å². The Balaban J connectivity index is 1.19. The van der Waals surface area contributed by atoms with Crippen LogP contribution < -0.4 is 14.4 Å². The van der Waals surface area contributed by atoms with Gasteiger partial charge in [0.25, 0.3) is 5.91 Å². The summed E-state index contributed by atoms with van der Waals surface area (Å²) in [6, 6.07) is 14.7. The van der Waals surface area contributed by atoms with Crippen LogP contribution in [0.15, 0.2) is 54.6 Å². The van der Waals surface area contributed by atoms with Crippen molar-refractivity contribution in [3.8, 4) is 5.75 Å². The zero-order valence-electron chi connectivity index (χ0n) is 31.8. The average molecular weight is 747 g/mol. The summed E-state index contributed by atoms with van der Waals surface area (Å²) < 4.78 is 49.4. The number of benzene rings is 2. The molecule has 4 aliphatic heterocycles. The van der Waals surface area contributed by atoms with E-state index in [4.69, 9.17) is 14.2 Å². The summed E-state index contributed by atoms with van der Waals surface area (Å²) in [6.45, 7) is 14.8. The van der Waals surface area contributed by atoms with E-state index in [-0.39, 0.29) is 17.3 Å². The lowest BCUT2D eigenvalue weighted by Crippen LogP contribution is -2.62. The molecule has 2 bridgehead atoms. The topological polar surface area (TPSA) is 101 Å². The van der Waals surface area contributed by atoms with Crippen LogP contribution in [0.4, 0.5) is 5.69 Å². The van der Waals surface area contributed by atoms with Crippen molar-refractivity contribution in [2.75, 3.05) is 77.1 Å². The number of piperazine rings is 1. The highest BCUT2D eigenvalue weighted by Gasteiger charge is 2.50. The maximum absolute atomic E-state index is 13.7. The van der Waals surface area contributed by atoms with Gasteiger partial charge in [-0.15, -0.1) is 0 Å². The van der Waals surface area contributed by atoms with Crippen LogP contribution in [0.25, 0.3) is 0 Å². The van der Waals surface area contributed by atoms with Crippen molar-refractivity contribution >= 4 is 21.6 Å². The second-order valence-corrected chi connectivity index (χ2v) is 18.8. The molecule has 1 spiro atoms. The maximum Gasteiger partial charge on any atom is 0.264 e. The van der Waals surface area contributed by atoms with Gasteiger partial charge in [0, 0.05) is 69.4 Å². The lowest BCUT2D eigenvalue weighted by molar-refractivity contribution is -0.121. The number of morpholine rings is 1. The van der Waals surface area contributed by atoms with Crippen LogP contribution >= 0.6 is 0 Å². The summed E-state index contributed by atoms with van der Waals surface area (Å²) in [5.74, 6) is 0.560. The SMILES string of the molecule is CCO[C@@]1(CN2CCN3CCOC[C@@H]3C2)/C=C/C[C@H](C)[C@@H](C)S(=O)(=O)NC(=O)c2ccc3c(c2)N(C[C@@H]2CC[C@H]21)C[C@@]1(CCCc2ccccc21)CO3. The molecule has 4 heterocycles. The summed E-state index contributed by atoms with van der Waals surface area (Å²) in [6.07, 6.45) is 10.4. The van der Waals surface area contributed by atoms with Crippen molar-refractivity contribution in [2.45, 2.75) is 81.6 Å². The van der Waals surface area contributed by atoms with Gasteiger partial charge in [0.15, 0.2) is 0 Å². The molecule has 2 aliphatic carbocycles. The number of sulfonamides is 1. The first kappa shape index (κ1) is 37.0. The van der Waals surface area contributed by atoms with E-state index in [2.05, 4.69) is 62.8 Å². The van der Waals surface area contributed by atoms with Gasteiger partial charge < -0.3 is 19.1 Å². The number of nitrogens with one attached hydrogen (secondary N) is 1. The highest BCUT2D eigenvalue weighted by molar-refractivity contribution is 7.90. The number of fused-ring (bicyclic) bond motifs is 5. The Labute approximate surface area is 316 Å². The zero-order chi connectivity index (χ0) is 36.8. The van der Waals surface area contributed by atoms with Crippen molar-refractivity contribution in [1.29, 1.82) is 0 Å². The molecule has 3 fully saturated rings. The van der Waals surface area contributed by atoms with Gasteiger partial charge in [-0.3, -0.25) is 14.6 Å². The van der Waals surface area contributed by atoms with Crippen LogP contribution in [0.5, 0.6) is 5.75 Å². The first-order chi connectivity index (χ1) is 25.6. The van der Waals surface area contributed by atoms with E-state index in [1.165, 1.54) is 11.1 Å². The number of amides is 1. The molecule has 2 aromatic rings. The predicted octanol–water partition coefficient (Wildman–Crippen LogP) is 5.02. The van der Waals surface area contributed by atoms with E-state index in [0.717, 1.165) is 103 Å². The molecule has 0 radical (unpaired) electrons. The Bertz CT molecular complexity index is 1800. The largest absolute Gasteiger partial charge is 0.490 e. The molecule has 2 aromatic carbocycles. The van der Waals surface area contributed by atoms with Crippen LogP contribution in [0.1, 0.15) is 74.4 Å². The first-order valence-corrected chi connectivity index (χ1v) is 21.7. The number of carbonyl (C=O) groups is 1. The van der Waals surface area contributed by atoms with E-state index in [9.17, 15) is 13.2 Å². The van der Waals surface area contributed by atoms with Gasteiger partial charge in [0.2, 0.25) is 10.0 Å². The van der Waals surface area contributed by atoms with E-state index in [1.807, 2.05) is 19.1 Å². The third-order valence-electron chi connectivity index (χ3n) is 13.6. The number of aryl methyl sites for hydroxylation is 1. The fourth-order valence-corrected chi connectivity index (χ4v) is 11.6. The second-order valence-electron chi connectivity index (χ2n) is 16.8. The minimum atomic E-state index is -3.95. The lowest BCUT2D eigenvalue weighted by atomic mass is 9.63. The number of nitrogens with zero attached hydrogens (tertiary/aromatic N) is 3. The van der Waals surface area contributed by atoms with Crippen LogP contribution in [-0.4, -0.2) is 113 Å². The van der Waals surface area contributed by atoms with Crippen molar-refractivity contribution in [2.24, 2.45) is 17.8 Å². The van der Waals surface area contributed by atoms with Gasteiger partial charge in [0.1, 0.15) is 11.4 Å². The van der Waals surface area contributed by atoms with E-state index in [1.54, 1.807) is 13.0 Å². The summed E-state index contributed by atoms with van der Waals surface area (Å²) in [5.41, 5.74) is 3.21. The quantitative estimate of drug-likeness (QED) is 0.433. The lowest BCUT2D eigenvalue weighted by Gasteiger charge is -2.53. The molecule has 10 nitrogen and oxygen atoms in total. The van der Waals surface area contributed by atoms with Gasteiger partial charge in [-0.1, -0.05) is 43.3 Å². The summed E-state index contributed by atoms with van der Waals surface area (Å²) in [4.78, 5) is 21.3.